The zero-order valence-corrected chi connectivity index (χ0v) is 23.1. The lowest BCUT2D eigenvalue weighted by atomic mass is 10.0. The number of piperidine rings is 1. The summed E-state index contributed by atoms with van der Waals surface area (Å²) in [5, 5.41) is 3.69. The first-order valence-corrected chi connectivity index (χ1v) is 13.2. The number of aryl methyl sites for hydroxylation is 3. The van der Waals surface area contributed by atoms with Crippen molar-refractivity contribution in [2.75, 3.05) is 32.5 Å². The van der Waals surface area contributed by atoms with Crippen LogP contribution in [0.5, 0.6) is 0 Å². The summed E-state index contributed by atoms with van der Waals surface area (Å²) >= 11 is 6.33. The summed E-state index contributed by atoms with van der Waals surface area (Å²) in [6.07, 6.45) is 2.51. The molecule has 37 heavy (non-hydrogen) atoms. The average molecular weight is 526 g/mol. The molecule has 0 aliphatic carbocycles. The maximum absolute atomic E-state index is 13.3. The Morgan fingerprint density at radius 2 is 1.70 bits per heavy atom. The first kappa shape index (κ1) is 27.1. The Hall–Kier alpha value is -2.97. The molecule has 8 nitrogen and oxygen atoms in total. The van der Waals surface area contributed by atoms with Crippen LogP contribution in [0, 0.1) is 20.8 Å². The predicted molar refractivity (Wildman–Crippen MR) is 145 cm³/mol. The molecule has 2 fully saturated rings. The van der Waals surface area contributed by atoms with Gasteiger partial charge in [0.15, 0.2) is 0 Å². The standard InChI is InChI=1S/C28H36ClN5O3/c1-17-12-20(13-18(2)26(17)29)16-33-10-8-22(9-11-33)34-23(6-7-25(34)35)27(36)31-24-15-21(14-19(3)30-24)28(37)32(4)5/h12-15,22-23H,6-11,16H2,1-5H3,(H,30,31,36)/t23-/m1/s1. The topological polar surface area (TPSA) is 85.8 Å². The fourth-order valence-corrected chi connectivity index (χ4v) is 5.59. The van der Waals surface area contributed by atoms with Gasteiger partial charge in [-0.1, -0.05) is 23.7 Å². The van der Waals surface area contributed by atoms with Crippen LogP contribution < -0.4 is 5.32 Å². The maximum atomic E-state index is 13.3. The molecular weight excluding hydrogens is 490 g/mol. The summed E-state index contributed by atoms with van der Waals surface area (Å²) < 4.78 is 0. The zero-order valence-electron chi connectivity index (χ0n) is 22.3. The monoisotopic (exact) mass is 525 g/mol. The summed E-state index contributed by atoms with van der Waals surface area (Å²) in [6.45, 7) is 8.41. The lowest BCUT2D eigenvalue weighted by Gasteiger charge is -2.39. The van der Waals surface area contributed by atoms with Crippen LogP contribution in [0.2, 0.25) is 5.02 Å². The Bertz CT molecular complexity index is 1180. The van der Waals surface area contributed by atoms with Crippen molar-refractivity contribution in [3.8, 4) is 0 Å². The third-order valence-corrected chi connectivity index (χ3v) is 7.86. The minimum atomic E-state index is -0.527. The summed E-state index contributed by atoms with van der Waals surface area (Å²) in [5.41, 5.74) is 4.52. The quantitative estimate of drug-likeness (QED) is 0.617. The third kappa shape index (κ3) is 6.13. The number of carbonyl (C=O) groups is 3. The second kappa shape index (κ2) is 11.2. The van der Waals surface area contributed by atoms with Gasteiger partial charge < -0.3 is 15.1 Å². The minimum absolute atomic E-state index is 0.0308. The molecule has 0 saturated carbocycles. The molecule has 2 aliphatic heterocycles. The van der Waals surface area contributed by atoms with E-state index in [0.717, 1.165) is 48.6 Å². The van der Waals surface area contributed by atoms with E-state index in [-0.39, 0.29) is 23.8 Å². The second-order valence-corrected chi connectivity index (χ2v) is 10.9. The van der Waals surface area contributed by atoms with E-state index in [9.17, 15) is 14.4 Å². The summed E-state index contributed by atoms with van der Waals surface area (Å²) in [5.74, 6) is -0.0443. The van der Waals surface area contributed by atoms with Gasteiger partial charge in [0.1, 0.15) is 11.9 Å². The molecule has 1 atom stereocenters. The molecule has 4 rings (SSSR count). The van der Waals surface area contributed by atoms with Crippen LogP contribution in [0.15, 0.2) is 24.3 Å². The van der Waals surface area contributed by atoms with Crippen molar-refractivity contribution in [3.63, 3.8) is 0 Å². The fourth-order valence-electron chi connectivity index (χ4n) is 5.48. The van der Waals surface area contributed by atoms with Gasteiger partial charge in [-0.3, -0.25) is 19.3 Å². The van der Waals surface area contributed by atoms with Crippen molar-refractivity contribution in [3.05, 3.63) is 57.2 Å². The number of nitrogens with one attached hydrogen (secondary N) is 1. The van der Waals surface area contributed by atoms with Crippen LogP contribution in [0.25, 0.3) is 0 Å². The molecule has 3 heterocycles. The number of halogens is 1. The number of hydrogen-bond acceptors (Lipinski definition) is 5. The summed E-state index contributed by atoms with van der Waals surface area (Å²) in [4.78, 5) is 48.6. The molecule has 0 unspecified atom stereocenters. The molecule has 2 aromatic rings. The van der Waals surface area contributed by atoms with Crippen LogP contribution >= 0.6 is 11.6 Å². The molecule has 9 heteroatoms. The van der Waals surface area contributed by atoms with Gasteiger partial charge in [-0.05, 0) is 68.9 Å². The average Bonchev–Trinajstić information content (AvgIpc) is 3.23. The molecule has 0 radical (unpaired) electrons. The van der Waals surface area contributed by atoms with E-state index in [1.807, 2.05) is 13.8 Å². The lowest BCUT2D eigenvalue weighted by molar-refractivity contribution is -0.136. The van der Waals surface area contributed by atoms with Crippen LogP contribution in [0.1, 0.15) is 58.4 Å². The van der Waals surface area contributed by atoms with E-state index in [4.69, 9.17) is 11.6 Å². The molecule has 1 aromatic carbocycles. The smallest absolute Gasteiger partial charge is 0.253 e. The number of amides is 3. The Kier molecular flexibility index (Phi) is 8.19. The highest BCUT2D eigenvalue weighted by atomic mass is 35.5. The van der Waals surface area contributed by atoms with Gasteiger partial charge in [0, 0.05) is 62.5 Å². The molecule has 0 spiro atoms. The van der Waals surface area contributed by atoms with Gasteiger partial charge in [-0.15, -0.1) is 0 Å². The number of nitrogens with zero attached hydrogens (tertiary/aromatic N) is 4. The first-order chi connectivity index (χ1) is 17.5. The SMILES string of the molecule is Cc1cc(C(=O)N(C)C)cc(NC(=O)[C@H]2CCC(=O)N2C2CCN(Cc3cc(C)c(Cl)c(C)c3)CC2)n1. The van der Waals surface area contributed by atoms with Crippen molar-refractivity contribution in [2.45, 2.75) is 65.1 Å². The fraction of sp³-hybridized carbons (Fsp3) is 0.500. The summed E-state index contributed by atoms with van der Waals surface area (Å²) in [6, 6.07) is 7.08. The number of rotatable bonds is 6. The third-order valence-electron chi connectivity index (χ3n) is 7.27. The van der Waals surface area contributed by atoms with Crippen molar-refractivity contribution in [1.82, 2.24) is 19.7 Å². The number of aromatic nitrogens is 1. The number of pyridine rings is 1. The van der Waals surface area contributed by atoms with Crippen LogP contribution in [0.3, 0.4) is 0 Å². The number of anilines is 1. The second-order valence-electron chi connectivity index (χ2n) is 10.5. The van der Waals surface area contributed by atoms with E-state index in [1.54, 1.807) is 38.1 Å². The van der Waals surface area contributed by atoms with Crippen molar-refractivity contribution in [2.24, 2.45) is 0 Å². The van der Waals surface area contributed by atoms with Crippen molar-refractivity contribution >= 4 is 35.1 Å². The predicted octanol–water partition coefficient (Wildman–Crippen LogP) is 3.96. The number of likely N-dealkylation sites (tertiary alicyclic amines) is 2. The minimum Gasteiger partial charge on any atom is -0.345 e. The highest BCUT2D eigenvalue weighted by Crippen LogP contribution is 2.29. The van der Waals surface area contributed by atoms with Crippen LogP contribution in [-0.2, 0) is 16.1 Å². The van der Waals surface area contributed by atoms with E-state index in [1.165, 1.54) is 10.5 Å². The van der Waals surface area contributed by atoms with E-state index in [2.05, 4.69) is 27.3 Å². The van der Waals surface area contributed by atoms with E-state index < -0.39 is 6.04 Å². The zero-order chi connectivity index (χ0) is 26.9. The van der Waals surface area contributed by atoms with E-state index in [0.29, 0.717) is 29.9 Å². The number of hydrogen-bond donors (Lipinski definition) is 1. The lowest BCUT2D eigenvalue weighted by Crippen LogP contribution is -2.51. The molecule has 2 saturated heterocycles. The largest absolute Gasteiger partial charge is 0.345 e. The molecule has 3 amide bonds. The molecular formula is C28H36ClN5O3. The van der Waals surface area contributed by atoms with Gasteiger partial charge in [-0.2, -0.15) is 0 Å². The highest BCUT2D eigenvalue weighted by molar-refractivity contribution is 6.32. The Balaban J connectivity index is 1.40. The van der Waals surface area contributed by atoms with Crippen molar-refractivity contribution < 1.29 is 14.4 Å². The summed E-state index contributed by atoms with van der Waals surface area (Å²) in [7, 11) is 3.36. The van der Waals surface area contributed by atoms with Crippen LogP contribution in [-0.4, -0.2) is 76.7 Å². The maximum Gasteiger partial charge on any atom is 0.253 e. The Labute approximate surface area is 224 Å². The normalized spacial score (nSPS) is 18.8. The van der Waals surface area contributed by atoms with Gasteiger partial charge >= 0.3 is 0 Å². The highest BCUT2D eigenvalue weighted by Gasteiger charge is 2.41. The molecule has 1 aromatic heterocycles. The van der Waals surface area contributed by atoms with Gasteiger partial charge in [0.05, 0.1) is 0 Å². The molecule has 0 bridgehead atoms. The Morgan fingerprint density at radius 1 is 1.05 bits per heavy atom. The number of carbonyl (C=O) groups excluding carboxylic acids is 3. The number of benzene rings is 1. The van der Waals surface area contributed by atoms with Gasteiger partial charge in [0.25, 0.3) is 5.91 Å². The van der Waals surface area contributed by atoms with Crippen molar-refractivity contribution in [1.29, 1.82) is 0 Å². The molecule has 1 N–H and O–H groups in total. The first-order valence-electron chi connectivity index (χ1n) is 12.8. The van der Waals surface area contributed by atoms with Crippen LogP contribution in [0.4, 0.5) is 5.82 Å². The molecule has 198 valence electrons. The molecule has 2 aliphatic rings. The van der Waals surface area contributed by atoms with Gasteiger partial charge in [0.2, 0.25) is 11.8 Å². The Morgan fingerprint density at radius 3 is 2.32 bits per heavy atom. The van der Waals surface area contributed by atoms with E-state index >= 15 is 0 Å². The van der Waals surface area contributed by atoms with Gasteiger partial charge in [-0.25, -0.2) is 4.98 Å².